The van der Waals surface area contributed by atoms with Crippen molar-refractivity contribution in [3.8, 4) is 0 Å². The lowest BCUT2D eigenvalue weighted by Gasteiger charge is -2.36. The predicted octanol–water partition coefficient (Wildman–Crippen LogP) is 1.32. The van der Waals surface area contributed by atoms with Crippen molar-refractivity contribution in [2.45, 2.75) is 45.7 Å². The van der Waals surface area contributed by atoms with Crippen LogP contribution in [0.25, 0.3) is 0 Å². The molecule has 6 nitrogen and oxygen atoms in total. The Hall–Kier alpha value is -1.43. The minimum Gasteiger partial charge on any atom is -0.480 e. The largest absolute Gasteiger partial charge is 0.480 e. The molecule has 1 aliphatic rings. The fourth-order valence-corrected chi connectivity index (χ4v) is 2.53. The van der Waals surface area contributed by atoms with Gasteiger partial charge >= 0.3 is 5.97 Å². The van der Waals surface area contributed by atoms with Gasteiger partial charge < -0.3 is 9.63 Å². The van der Waals surface area contributed by atoms with Crippen LogP contribution in [0.1, 0.15) is 38.4 Å². The summed E-state index contributed by atoms with van der Waals surface area (Å²) in [5, 5.41) is 13.2. The molecule has 2 unspecified atom stereocenters. The van der Waals surface area contributed by atoms with Gasteiger partial charge in [-0.05, 0) is 25.3 Å². The smallest absolute Gasteiger partial charge is 0.321 e. The molecule has 2 heterocycles. The zero-order valence-electron chi connectivity index (χ0n) is 10.8. The number of aliphatic carboxylic acids is 1. The van der Waals surface area contributed by atoms with E-state index in [1.54, 1.807) is 0 Å². The lowest BCUT2D eigenvalue weighted by Crippen LogP contribution is -2.48. The van der Waals surface area contributed by atoms with Gasteiger partial charge in [-0.1, -0.05) is 19.0 Å². The molecular weight excluding hydrogens is 234 g/mol. The molecule has 18 heavy (non-hydrogen) atoms. The van der Waals surface area contributed by atoms with Gasteiger partial charge in [0.2, 0.25) is 5.89 Å². The quantitative estimate of drug-likeness (QED) is 0.871. The number of carbonyl (C=O) groups is 1. The average molecular weight is 253 g/mol. The van der Waals surface area contributed by atoms with Gasteiger partial charge in [-0.25, -0.2) is 0 Å². The first kappa shape index (κ1) is 13.0. The van der Waals surface area contributed by atoms with Crippen molar-refractivity contribution < 1.29 is 14.4 Å². The SMILES string of the molecule is CCc1nc(CN2CCCC(C)C2C(=O)O)no1. The number of rotatable bonds is 4. The fourth-order valence-electron chi connectivity index (χ4n) is 2.53. The molecule has 2 atom stereocenters. The van der Waals surface area contributed by atoms with E-state index in [0.717, 1.165) is 19.4 Å². The van der Waals surface area contributed by atoms with Gasteiger partial charge in [0.05, 0.1) is 6.54 Å². The first-order chi connectivity index (χ1) is 8.61. The van der Waals surface area contributed by atoms with E-state index in [4.69, 9.17) is 4.52 Å². The standard InChI is InChI=1S/C12H19N3O3/c1-3-10-13-9(14-18-10)7-15-6-4-5-8(2)11(15)12(16)17/h8,11H,3-7H2,1-2H3,(H,16,17). The van der Waals surface area contributed by atoms with Crippen LogP contribution in [0.5, 0.6) is 0 Å². The maximum absolute atomic E-state index is 11.3. The van der Waals surface area contributed by atoms with E-state index >= 15 is 0 Å². The predicted molar refractivity (Wildman–Crippen MR) is 63.9 cm³/mol. The Morgan fingerprint density at radius 1 is 1.61 bits per heavy atom. The number of aromatic nitrogens is 2. The van der Waals surface area contributed by atoms with Crippen molar-refractivity contribution in [3.63, 3.8) is 0 Å². The molecule has 0 saturated carbocycles. The normalized spacial score (nSPS) is 25.2. The molecule has 1 N–H and O–H groups in total. The number of carboxylic acid groups (broad SMARTS) is 1. The molecule has 0 aromatic carbocycles. The number of hydrogen-bond acceptors (Lipinski definition) is 5. The van der Waals surface area contributed by atoms with Crippen molar-refractivity contribution in [1.29, 1.82) is 0 Å². The summed E-state index contributed by atoms with van der Waals surface area (Å²) >= 11 is 0. The van der Waals surface area contributed by atoms with Crippen LogP contribution in [-0.4, -0.2) is 38.7 Å². The molecule has 1 aliphatic heterocycles. The minimum atomic E-state index is -0.763. The van der Waals surface area contributed by atoms with Crippen LogP contribution in [0.2, 0.25) is 0 Å². The highest BCUT2D eigenvalue weighted by Gasteiger charge is 2.34. The van der Waals surface area contributed by atoms with E-state index in [1.807, 2.05) is 18.7 Å². The summed E-state index contributed by atoms with van der Waals surface area (Å²) in [5.41, 5.74) is 0. The molecule has 2 rings (SSSR count). The van der Waals surface area contributed by atoms with Crippen molar-refractivity contribution in [2.75, 3.05) is 6.54 Å². The van der Waals surface area contributed by atoms with Crippen molar-refractivity contribution in [3.05, 3.63) is 11.7 Å². The second-order valence-electron chi connectivity index (χ2n) is 4.83. The molecule has 0 amide bonds. The molecule has 6 heteroatoms. The summed E-state index contributed by atoms with van der Waals surface area (Å²) in [5.74, 6) is 0.573. The number of nitrogens with zero attached hydrogens (tertiary/aromatic N) is 3. The van der Waals surface area contributed by atoms with Crippen LogP contribution in [-0.2, 0) is 17.8 Å². The number of aryl methyl sites for hydroxylation is 1. The third kappa shape index (κ3) is 2.69. The van der Waals surface area contributed by atoms with Crippen LogP contribution in [0.15, 0.2) is 4.52 Å². The van der Waals surface area contributed by atoms with Gasteiger partial charge in [0, 0.05) is 6.42 Å². The zero-order valence-corrected chi connectivity index (χ0v) is 10.8. The first-order valence-electron chi connectivity index (χ1n) is 6.40. The first-order valence-corrected chi connectivity index (χ1v) is 6.40. The Morgan fingerprint density at radius 3 is 3.00 bits per heavy atom. The van der Waals surface area contributed by atoms with Gasteiger partial charge in [-0.2, -0.15) is 4.98 Å². The number of hydrogen-bond donors (Lipinski definition) is 1. The van der Waals surface area contributed by atoms with Crippen molar-refractivity contribution in [1.82, 2.24) is 15.0 Å². The van der Waals surface area contributed by atoms with Crippen LogP contribution >= 0.6 is 0 Å². The summed E-state index contributed by atoms with van der Waals surface area (Å²) in [7, 11) is 0. The van der Waals surface area contributed by atoms with Gasteiger partial charge in [-0.3, -0.25) is 9.69 Å². The Bertz CT molecular complexity index is 418. The summed E-state index contributed by atoms with van der Waals surface area (Å²) in [4.78, 5) is 17.5. The van der Waals surface area contributed by atoms with E-state index in [2.05, 4.69) is 10.1 Å². The number of likely N-dealkylation sites (tertiary alicyclic amines) is 1. The van der Waals surface area contributed by atoms with Crippen molar-refractivity contribution in [2.24, 2.45) is 5.92 Å². The molecule has 1 fully saturated rings. The number of piperidine rings is 1. The van der Waals surface area contributed by atoms with Crippen LogP contribution in [0.3, 0.4) is 0 Å². The molecule has 0 spiro atoms. The van der Waals surface area contributed by atoms with Crippen LogP contribution in [0.4, 0.5) is 0 Å². The van der Waals surface area contributed by atoms with E-state index in [9.17, 15) is 9.90 Å². The van der Waals surface area contributed by atoms with E-state index < -0.39 is 12.0 Å². The molecule has 0 radical (unpaired) electrons. The highest BCUT2D eigenvalue weighted by atomic mass is 16.5. The summed E-state index contributed by atoms with van der Waals surface area (Å²) in [6.07, 6.45) is 2.68. The van der Waals surface area contributed by atoms with Gasteiger partial charge in [-0.15, -0.1) is 0 Å². The average Bonchev–Trinajstić information content (AvgIpc) is 2.76. The molecule has 0 bridgehead atoms. The third-order valence-corrected chi connectivity index (χ3v) is 3.45. The zero-order chi connectivity index (χ0) is 13.1. The highest BCUT2D eigenvalue weighted by molar-refractivity contribution is 5.74. The van der Waals surface area contributed by atoms with E-state index in [-0.39, 0.29) is 5.92 Å². The van der Waals surface area contributed by atoms with Crippen LogP contribution < -0.4 is 0 Å². The molecule has 100 valence electrons. The molecule has 0 aliphatic carbocycles. The van der Waals surface area contributed by atoms with E-state index in [0.29, 0.717) is 24.7 Å². The van der Waals surface area contributed by atoms with Gasteiger partial charge in [0.25, 0.3) is 0 Å². The summed E-state index contributed by atoms with van der Waals surface area (Å²) in [6.45, 7) is 5.15. The topological polar surface area (TPSA) is 79.5 Å². The fraction of sp³-hybridized carbons (Fsp3) is 0.750. The second kappa shape index (κ2) is 5.48. The second-order valence-corrected chi connectivity index (χ2v) is 4.83. The van der Waals surface area contributed by atoms with Gasteiger partial charge in [0.15, 0.2) is 5.82 Å². The molecule has 1 saturated heterocycles. The summed E-state index contributed by atoms with van der Waals surface area (Å²) in [6, 6.07) is -0.442. The molecule has 1 aromatic rings. The Kier molecular flexibility index (Phi) is 3.96. The highest BCUT2D eigenvalue weighted by Crippen LogP contribution is 2.24. The monoisotopic (exact) mass is 253 g/mol. The van der Waals surface area contributed by atoms with Crippen LogP contribution in [0, 0.1) is 5.92 Å². The lowest BCUT2D eigenvalue weighted by molar-refractivity contribution is -0.147. The Balaban J connectivity index is 2.08. The number of carboxylic acids is 1. The molecule has 1 aromatic heterocycles. The maximum Gasteiger partial charge on any atom is 0.321 e. The maximum atomic E-state index is 11.3. The van der Waals surface area contributed by atoms with Gasteiger partial charge in [0.1, 0.15) is 6.04 Å². The Labute approximate surface area is 106 Å². The van der Waals surface area contributed by atoms with Crippen molar-refractivity contribution >= 4 is 5.97 Å². The van der Waals surface area contributed by atoms with E-state index in [1.165, 1.54) is 0 Å². The lowest BCUT2D eigenvalue weighted by atomic mass is 9.91. The molecular formula is C12H19N3O3. The third-order valence-electron chi connectivity index (χ3n) is 3.45. The summed E-state index contributed by atoms with van der Waals surface area (Å²) < 4.78 is 5.04. The minimum absolute atomic E-state index is 0.161. The Morgan fingerprint density at radius 2 is 2.39 bits per heavy atom.